The highest BCUT2D eigenvalue weighted by Crippen LogP contribution is 2.82. The maximum absolute atomic E-state index is 11.5. The molecule has 0 amide bonds. The summed E-state index contributed by atoms with van der Waals surface area (Å²) in [5.41, 5.74) is 1.45. The van der Waals surface area contributed by atoms with Crippen LogP contribution in [0.3, 0.4) is 0 Å². The van der Waals surface area contributed by atoms with Crippen LogP contribution in [0.5, 0.6) is 0 Å². The van der Waals surface area contributed by atoms with Crippen LogP contribution in [0.4, 0.5) is 0 Å². The molecule has 1 spiro atoms. The average molecular weight is 345 g/mol. The van der Waals surface area contributed by atoms with Gasteiger partial charge in [-0.05, 0) is 91.8 Å². The second-order valence-corrected chi connectivity index (χ2v) is 11.0. The number of rotatable bonds is 3. The summed E-state index contributed by atoms with van der Waals surface area (Å²) in [7, 11) is 1.97. The summed E-state index contributed by atoms with van der Waals surface area (Å²) in [6.45, 7) is 7.35. The lowest BCUT2D eigenvalue weighted by Crippen LogP contribution is -2.57. The summed E-state index contributed by atoms with van der Waals surface area (Å²) < 4.78 is 6.18. The number of hydrogen-bond acceptors (Lipinski definition) is 2. The van der Waals surface area contributed by atoms with Crippen LogP contribution >= 0.6 is 0 Å². The molecule has 0 N–H and O–H groups in total. The molecular formula is C23H36O2. The molecule has 0 radical (unpaired) electrons. The zero-order chi connectivity index (χ0) is 17.6. The molecule has 0 aromatic heterocycles. The van der Waals surface area contributed by atoms with Crippen molar-refractivity contribution in [2.75, 3.05) is 7.11 Å². The molecule has 2 nitrogen and oxygen atoms in total. The van der Waals surface area contributed by atoms with E-state index in [-0.39, 0.29) is 5.92 Å². The van der Waals surface area contributed by atoms with Gasteiger partial charge in [0.25, 0.3) is 0 Å². The van der Waals surface area contributed by atoms with Gasteiger partial charge < -0.3 is 9.53 Å². The number of ether oxygens (including phenoxy) is 1. The largest absolute Gasteiger partial charge is 0.381 e. The van der Waals surface area contributed by atoms with E-state index < -0.39 is 0 Å². The summed E-state index contributed by atoms with van der Waals surface area (Å²) in [5, 5.41) is 0. The van der Waals surface area contributed by atoms with Crippen LogP contribution < -0.4 is 0 Å². The highest BCUT2D eigenvalue weighted by molar-refractivity contribution is 5.53. The van der Waals surface area contributed by atoms with Gasteiger partial charge in [-0.2, -0.15) is 0 Å². The van der Waals surface area contributed by atoms with E-state index in [2.05, 4.69) is 20.8 Å². The van der Waals surface area contributed by atoms with E-state index in [0.717, 1.165) is 23.7 Å². The van der Waals surface area contributed by atoms with Crippen molar-refractivity contribution in [3.05, 3.63) is 0 Å². The van der Waals surface area contributed by atoms with Crippen LogP contribution in [0.2, 0.25) is 0 Å². The van der Waals surface area contributed by atoms with Crippen molar-refractivity contribution in [3.63, 3.8) is 0 Å². The van der Waals surface area contributed by atoms with E-state index in [1.165, 1.54) is 57.7 Å². The summed E-state index contributed by atoms with van der Waals surface area (Å²) in [6.07, 6.45) is 12.7. The van der Waals surface area contributed by atoms with E-state index in [4.69, 9.17) is 4.74 Å². The number of methoxy groups -OCH3 is 1. The predicted octanol–water partition coefficient (Wildman–Crippen LogP) is 5.11. The van der Waals surface area contributed by atoms with Crippen molar-refractivity contribution in [2.45, 2.75) is 78.2 Å². The lowest BCUT2D eigenvalue weighted by Gasteiger charge is -2.61. The number of fused-ring (bicyclic) bond motifs is 4. The minimum absolute atomic E-state index is 0.231. The van der Waals surface area contributed by atoms with Crippen LogP contribution in [-0.2, 0) is 9.53 Å². The van der Waals surface area contributed by atoms with Crippen LogP contribution in [0.1, 0.15) is 72.1 Å². The third-order valence-corrected chi connectivity index (χ3v) is 10.8. The van der Waals surface area contributed by atoms with Crippen LogP contribution in [-0.4, -0.2) is 19.5 Å². The fraction of sp³-hybridized carbons (Fsp3) is 0.957. The minimum atomic E-state index is 0.231. The van der Waals surface area contributed by atoms with Gasteiger partial charge in [-0.25, -0.2) is 0 Å². The van der Waals surface area contributed by atoms with Crippen molar-refractivity contribution in [1.82, 2.24) is 0 Å². The molecule has 5 fully saturated rings. The van der Waals surface area contributed by atoms with Crippen LogP contribution in [0.15, 0.2) is 0 Å². The molecule has 2 heteroatoms. The third-order valence-electron chi connectivity index (χ3n) is 10.8. The van der Waals surface area contributed by atoms with Crippen molar-refractivity contribution in [1.29, 1.82) is 0 Å². The van der Waals surface area contributed by atoms with E-state index in [1.54, 1.807) is 0 Å². The SMILES string of the molecule is COC1CC2C3CCC(C(C)C=O)C3(C)CCC2C2(C)CCC3CC312. The Kier molecular flexibility index (Phi) is 3.43. The molecule has 0 bridgehead atoms. The molecule has 10 unspecified atom stereocenters. The summed E-state index contributed by atoms with van der Waals surface area (Å²) >= 11 is 0. The standard InChI is InChI=1S/C23H36O2/c1-14(13-24)17-5-6-18-16-11-20(25-4)23-12-15(23)7-10-22(23,3)19(16)8-9-21(17,18)2/h13-20H,5-12H2,1-4H3. The first-order valence-electron chi connectivity index (χ1n) is 10.9. The van der Waals surface area contributed by atoms with Gasteiger partial charge in [0.2, 0.25) is 0 Å². The molecule has 0 aromatic rings. The highest BCUT2D eigenvalue weighted by atomic mass is 16.5. The zero-order valence-corrected chi connectivity index (χ0v) is 16.6. The van der Waals surface area contributed by atoms with Crippen molar-refractivity contribution in [2.24, 2.45) is 51.8 Å². The molecule has 10 atom stereocenters. The first kappa shape index (κ1) is 16.8. The maximum atomic E-state index is 11.5. The Bertz CT molecular complexity index is 587. The first-order valence-corrected chi connectivity index (χ1v) is 10.9. The lowest BCUT2D eigenvalue weighted by molar-refractivity contribution is -0.161. The van der Waals surface area contributed by atoms with Crippen LogP contribution in [0.25, 0.3) is 0 Å². The van der Waals surface area contributed by atoms with Crippen molar-refractivity contribution >= 4 is 6.29 Å². The molecule has 5 rings (SSSR count). The zero-order valence-electron chi connectivity index (χ0n) is 16.6. The second-order valence-electron chi connectivity index (χ2n) is 11.0. The van der Waals surface area contributed by atoms with E-state index in [9.17, 15) is 4.79 Å². The monoisotopic (exact) mass is 344 g/mol. The number of carbonyl (C=O) groups excluding carboxylic acids is 1. The fourth-order valence-corrected chi connectivity index (χ4v) is 9.58. The van der Waals surface area contributed by atoms with Gasteiger partial charge in [0, 0.05) is 18.4 Å². The quantitative estimate of drug-likeness (QED) is 0.665. The van der Waals surface area contributed by atoms with Gasteiger partial charge in [0.05, 0.1) is 6.10 Å². The molecule has 0 heterocycles. The summed E-state index contributed by atoms with van der Waals surface area (Å²) in [6, 6.07) is 0. The van der Waals surface area contributed by atoms with Gasteiger partial charge in [-0.3, -0.25) is 0 Å². The third kappa shape index (κ3) is 1.79. The predicted molar refractivity (Wildman–Crippen MR) is 99.1 cm³/mol. The molecule has 5 saturated carbocycles. The lowest BCUT2D eigenvalue weighted by atomic mass is 9.45. The van der Waals surface area contributed by atoms with E-state index in [0.29, 0.717) is 28.3 Å². The Hall–Kier alpha value is -0.370. The Labute approximate surface area is 153 Å². The Morgan fingerprint density at radius 3 is 2.56 bits per heavy atom. The van der Waals surface area contributed by atoms with E-state index in [1.807, 2.05) is 7.11 Å². The number of aldehydes is 1. The maximum Gasteiger partial charge on any atom is 0.123 e. The smallest absolute Gasteiger partial charge is 0.123 e. The Balaban J connectivity index is 1.50. The van der Waals surface area contributed by atoms with Gasteiger partial charge >= 0.3 is 0 Å². The molecule has 5 aliphatic carbocycles. The van der Waals surface area contributed by atoms with Crippen molar-refractivity contribution in [3.8, 4) is 0 Å². The van der Waals surface area contributed by atoms with Crippen molar-refractivity contribution < 1.29 is 9.53 Å². The van der Waals surface area contributed by atoms with E-state index >= 15 is 0 Å². The molecule has 5 aliphatic rings. The molecule has 25 heavy (non-hydrogen) atoms. The summed E-state index contributed by atoms with van der Waals surface area (Å²) in [5.74, 6) is 4.37. The second kappa shape index (κ2) is 5.12. The molecule has 0 aromatic carbocycles. The van der Waals surface area contributed by atoms with Gasteiger partial charge in [-0.1, -0.05) is 20.8 Å². The number of carbonyl (C=O) groups is 1. The average Bonchev–Trinajstić information content (AvgIpc) is 3.12. The highest BCUT2D eigenvalue weighted by Gasteiger charge is 2.77. The topological polar surface area (TPSA) is 26.3 Å². The van der Waals surface area contributed by atoms with Crippen LogP contribution in [0, 0.1) is 51.8 Å². The fourth-order valence-electron chi connectivity index (χ4n) is 9.58. The normalized spacial score (nSPS) is 60.2. The number of hydrogen-bond donors (Lipinski definition) is 0. The first-order chi connectivity index (χ1) is 11.9. The molecular weight excluding hydrogens is 308 g/mol. The molecule has 140 valence electrons. The van der Waals surface area contributed by atoms with Gasteiger partial charge in [0.1, 0.15) is 6.29 Å². The Morgan fingerprint density at radius 1 is 1.08 bits per heavy atom. The van der Waals surface area contributed by atoms with Gasteiger partial charge in [-0.15, -0.1) is 0 Å². The van der Waals surface area contributed by atoms with Gasteiger partial charge in [0.15, 0.2) is 0 Å². The summed E-state index contributed by atoms with van der Waals surface area (Å²) in [4.78, 5) is 11.5. The molecule has 0 aliphatic heterocycles. The Morgan fingerprint density at radius 2 is 1.88 bits per heavy atom. The molecule has 0 saturated heterocycles. The minimum Gasteiger partial charge on any atom is -0.381 e.